The van der Waals surface area contributed by atoms with E-state index in [1.807, 2.05) is 24.3 Å². The van der Waals surface area contributed by atoms with Crippen LogP contribution in [0.3, 0.4) is 0 Å². The number of halogens is 2. The number of fused-ring (bicyclic) bond motifs is 1. The highest BCUT2D eigenvalue weighted by Gasteiger charge is 2.35. The Morgan fingerprint density at radius 1 is 1.38 bits per heavy atom. The molecule has 1 aliphatic carbocycles. The molecule has 2 rings (SSSR count). The molecular formula is C11H10ClF. The van der Waals surface area contributed by atoms with Gasteiger partial charge in [-0.2, -0.15) is 0 Å². The normalized spacial score (nSPS) is 27.1. The van der Waals surface area contributed by atoms with Crippen molar-refractivity contribution in [2.45, 2.75) is 18.0 Å². The van der Waals surface area contributed by atoms with Crippen LogP contribution in [0, 0.1) is 0 Å². The van der Waals surface area contributed by atoms with E-state index in [-0.39, 0.29) is 0 Å². The highest BCUT2D eigenvalue weighted by atomic mass is 35.5. The summed E-state index contributed by atoms with van der Waals surface area (Å²) in [5.41, 5.74) is 2.41. The third-order valence-electron chi connectivity index (χ3n) is 2.49. The minimum atomic E-state index is -1.74. The number of rotatable bonds is 0. The van der Waals surface area contributed by atoms with Crippen molar-refractivity contribution in [3.63, 3.8) is 0 Å². The lowest BCUT2D eigenvalue weighted by molar-refractivity contribution is 0.332. The number of aryl methyl sites for hydroxylation is 1. The third-order valence-corrected chi connectivity index (χ3v) is 2.91. The molecule has 0 nitrogen and oxygen atoms in total. The lowest BCUT2D eigenvalue weighted by Gasteiger charge is -2.27. The van der Waals surface area contributed by atoms with Crippen LogP contribution in [-0.4, -0.2) is 5.13 Å². The summed E-state index contributed by atoms with van der Waals surface area (Å²) in [6.07, 6.45) is 1.01. The van der Waals surface area contributed by atoms with Gasteiger partial charge in [0.15, 0.2) is 0 Å². The number of hydrogen-bond donors (Lipinski definition) is 0. The Labute approximate surface area is 82.0 Å². The van der Waals surface area contributed by atoms with E-state index in [0.717, 1.165) is 11.1 Å². The van der Waals surface area contributed by atoms with Gasteiger partial charge in [-0.25, -0.2) is 4.39 Å². The molecule has 0 heterocycles. The molecule has 0 radical (unpaired) electrons. The summed E-state index contributed by atoms with van der Waals surface area (Å²) in [7, 11) is 0. The van der Waals surface area contributed by atoms with Crippen molar-refractivity contribution in [2.24, 2.45) is 0 Å². The van der Waals surface area contributed by atoms with Gasteiger partial charge in [-0.15, -0.1) is 0 Å². The summed E-state index contributed by atoms with van der Waals surface area (Å²) < 4.78 is 13.6. The minimum absolute atomic E-state index is 0.324. The summed E-state index contributed by atoms with van der Waals surface area (Å²) in [6, 6.07) is 7.69. The van der Waals surface area contributed by atoms with Crippen LogP contribution in [-0.2, 0) is 6.42 Å². The molecule has 2 heteroatoms. The SMILES string of the molecule is C=C1c2ccccc2CC[C@]1(F)Cl. The van der Waals surface area contributed by atoms with Crippen LogP contribution in [0.5, 0.6) is 0 Å². The van der Waals surface area contributed by atoms with Gasteiger partial charge in [0, 0.05) is 12.0 Å². The first-order valence-electron chi connectivity index (χ1n) is 4.27. The third kappa shape index (κ3) is 1.37. The molecule has 0 aromatic heterocycles. The summed E-state index contributed by atoms with van der Waals surface area (Å²) >= 11 is 5.68. The van der Waals surface area contributed by atoms with E-state index in [0.29, 0.717) is 18.4 Å². The number of allylic oxidation sites excluding steroid dienone is 1. The van der Waals surface area contributed by atoms with Gasteiger partial charge < -0.3 is 0 Å². The number of hydrogen-bond acceptors (Lipinski definition) is 0. The molecule has 1 aromatic rings. The van der Waals surface area contributed by atoms with E-state index >= 15 is 0 Å². The van der Waals surface area contributed by atoms with Crippen molar-refractivity contribution < 1.29 is 4.39 Å². The van der Waals surface area contributed by atoms with Crippen molar-refractivity contribution >= 4 is 17.2 Å². The molecule has 1 aromatic carbocycles. The van der Waals surface area contributed by atoms with Crippen molar-refractivity contribution in [1.82, 2.24) is 0 Å². The fraction of sp³-hybridized carbons (Fsp3) is 0.273. The second-order valence-corrected chi connectivity index (χ2v) is 3.94. The number of alkyl halides is 2. The Balaban J connectivity index is 2.52. The largest absolute Gasteiger partial charge is 0.221 e. The van der Waals surface area contributed by atoms with Gasteiger partial charge in [0.25, 0.3) is 0 Å². The monoisotopic (exact) mass is 196 g/mol. The zero-order chi connectivity index (χ0) is 9.47. The van der Waals surface area contributed by atoms with Crippen LogP contribution < -0.4 is 0 Å². The smallest absolute Gasteiger partial charge is 0.209 e. The fourth-order valence-corrected chi connectivity index (χ4v) is 1.87. The van der Waals surface area contributed by atoms with Gasteiger partial charge in [0.2, 0.25) is 5.13 Å². The van der Waals surface area contributed by atoms with Crippen molar-refractivity contribution in [3.8, 4) is 0 Å². The molecule has 0 spiro atoms. The molecule has 0 amide bonds. The lowest BCUT2D eigenvalue weighted by atomic mass is 9.87. The van der Waals surface area contributed by atoms with E-state index < -0.39 is 5.13 Å². The van der Waals surface area contributed by atoms with Gasteiger partial charge in [0.1, 0.15) is 0 Å². The topological polar surface area (TPSA) is 0 Å². The van der Waals surface area contributed by atoms with Crippen LogP contribution in [0.15, 0.2) is 30.8 Å². The number of benzene rings is 1. The van der Waals surface area contributed by atoms with Gasteiger partial charge >= 0.3 is 0 Å². The molecule has 0 bridgehead atoms. The molecule has 1 aliphatic rings. The Morgan fingerprint density at radius 2 is 2.08 bits per heavy atom. The van der Waals surface area contributed by atoms with Crippen LogP contribution in [0.4, 0.5) is 4.39 Å². The molecule has 0 unspecified atom stereocenters. The molecule has 0 aliphatic heterocycles. The Kier molecular flexibility index (Phi) is 1.92. The maximum Gasteiger partial charge on any atom is 0.209 e. The molecule has 13 heavy (non-hydrogen) atoms. The first-order chi connectivity index (χ1) is 6.11. The molecule has 0 saturated heterocycles. The minimum Gasteiger partial charge on any atom is -0.221 e. The van der Waals surface area contributed by atoms with Crippen LogP contribution >= 0.6 is 11.6 Å². The first-order valence-corrected chi connectivity index (χ1v) is 4.64. The highest BCUT2D eigenvalue weighted by Crippen LogP contribution is 2.42. The van der Waals surface area contributed by atoms with Crippen LogP contribution in [0.1, 0.15) is 17.5 Å². The van der Waals surface area contributed by atoms with Crippen molar-refractivity contribution in [1.29, 1.82) is 0 Å². The molecule has 0 fully saturated rings. The van der Waals surface area contributed by atoms with E-state index in [2.05, 4.69) is 6.58 Å². The lowest BCUT2D eigenvalue weighted by Crippen LogP contribution is -2.22. The average Bonchev–Trinajstić information content (AvgIpc) is 2.13. The summed E-state index contributed by atoms with van der Waals surface area (Å²) in [5, 5.41) is -1.74. The van der Waals surface area contributed by atoms with Crippen LogP contribution in [0.25, 0.3) is 5.57 Å². The molecule has 0 N–H and O–H groups in total. The van der Waals surface area contributed by atoms with Crippen molar-refractivity contribution in [3.05, 3.63) is 42.0 Å². The fourth-order valence-electron chi connectivity index (χ4n) is 1.67. The molecule has 68 valence electrons. The predicted octanol–water partition coefficient (Wildman–Crippen LogP) is 3.55. The average molecular weight is 197 g/mol. The Bertz CT molecular complexity index is 355. The zero-order valence-corrected chi connectivity index (χ0v) is 7.94. The summed E-state index contributed by atoms with van der Waals surface area (Å²) in [4.78, 5) is 0. The second-order valence-electron chi connectivity index (χ2n) is 3.34. The Morgan fingerprint density at radius 3 is 2.85 bits per heavy atom. The van der Waals surface area contributed by atoms with E-state index in [1.165, 1.54) is 0 Å². The zero-order valence-electron chi connectivity index (χ0n) is 7.19. The quantitative estimate of drug-likeness (QED) is 0.557. The molecule has 1 atom stereocenters. The van der Waals surface area contributed by atoms with Crippen LogP contribution in [0.2, 0.25) is 0 Å². The Hall–Kier alpha value is -0.820. The maximum atomic E-state index is 13.6. The van der Waals surface area contributed by atoms with E-state index in [9.17, 15) is 4.39 Å². The van der Waals surface area contributed by atoms with Crippen molar-refractivity contribution in [2.75, 3.05) is 0 Å². The van der Waals surface area contributed by atoms with Gasteiger partial charge in [-0.3, -0.25) is 0 Å². The summed E-state index contributed by atoms with van der Waals surface area (Å²) in [5.74, 6) is 0. The second kappa shape index (κ2) is 2.85. The predicted molar refractivity (Wildman–Crippen MR) is 53.5 cm³/mol. The van der Waals surface area contributed by atoms with E-state index in [4.69, 9.17) is 11.6 Å². The molecule has 0 saturated carbocycles. The molecular weight excluding hydrogens is 187 g/mol. The highest BCUT2D eigenvalue weighted by molar-refractivity contribution is 6.29. The van der Waals surface area contributed by atoms with Gasteiger partial charge in [0.05, 0.1) is 0 Å². The standard InChI is InChI=1S/C11H10ClF/c1-8-10-5-3-2-4-9(10)6-7-11(8,12)13/h2-5H,1,6-7H2/t11-/m1/s1. The maximum absolute atomic E-state index is 13.6. The van der Waals surface area contributed by atoms with E-state index in [1.54, 1.807) is 0 Å². The van der Waals surface area contributed by atoms with Gasteiger partial charge in [-0.1, -0.05) is 42.4 Å². The first kappa shape index (κ1) is 8.76. The summed E-state index contributed by atoms with van der Waals surface area (Å²) in [6.45, 7) is 3.70. The van der Waals surface area contributed by atoms with Gasteiger partial charge in [-0.05, 0) is 17.5 Å².